The van der Waals surface area contributed by atoms with Gasteiger partial charge >= 0.3 is 0 Å². The molecule has 4 aromatic carbocycles. The Bertz CT molecular complexity index is 1640. The first-order chi connectivity index (χ1) is 19.3. The molecular weight excluding hydrogens is 564 g/mol. The molecule has 0 spiro atoms. The van der Waals surface area contributed by atoms with Gasteiger partial charge in [-0.3, -0.25) is 9.59 Å². The van der Waals surface area contributed by atoms with Crippen LogP contribution >= 0.6 is 0 Å². The van der Waals surface area contributed by atoms with Gasteiger partial charge in [0.15, 0.2) is 52.2 Å². The second-order valence-corrected chi connectivity index (χ2v) is 8.99. The van der Waals surface area contributed by atoms with E-state index in [9.17, 15) is 44.7 Å². The van der Waals surface area contributed by atoms with E-state index in [1.54, 1.807) is 0 Å². The molecule has 0 heterocycles. The molecule has 0 aliphatic carbocycles. The zero-order valence-electron chi connectivity index (χ0n) is 20.9. The number of carbonyl (C=O) groups excluding carboxylic acids is 2. The highest BCUT2D eigenvalue weighted by Gasteiger charge is 2.31. The summed E-state index contributed by atoms with van der Waals surface area (Å²) in [5.74, 6) is -20.9. The van der Waals surface area contributed by atoms with Gasteiger partial charge < -0.3 is 9.84 Å². The van der Waals surface area contributed by atoms with Gasteiger partial charge in [-0.25, -0.2) is 26.3 Å². The maximum atomic E-state index is 14.5. The summed E-state index contributed by atoms with van der Waals surface area (Å²) in [5.41, 5.74) is -4.51. The third-order valence-electron chi connectivity index (χ3n) is 6.04. The van der Waals surface area contributed by atoms with Crippen LogP contribution in [0.25, 0.3) is 0 Å². The van der Waals surface area contributed by atoms with E-state index in [4.69, 9.17) is 9.84 Å². The number of aromatic hydroxyl groups is 1. The van der Waals surface area contributed by atoms with Crippen LogP contribution in [0.2, 0.25) is 0 Å². The molecule has 212 valence electrons. The van der Waals surface area contributed by atoms with Crippen LogP contribution in [0.1, 0.15) is 57.2 Å². The SMILES string of the molecule is CC(C)c1c(F)c(F)c(C(=O)c2ccc(Oc3ccc(C(=O)c4c(F)c(F)c(O)c(F)c4F)cc3)cc2)c(F)c1F. The maximum Gasteiger partial charge on any atom is 0.204 e. The Morgan fingerprint density at radius 2 is 0.878 bits per heavy atom. The molecule has 0 saturated carbocycles. The molecule has 0 saturated heterocycles. The Balaban J connectivity index is 1.55. The molecule has 4 nitrogen and oxygen atoms in total. The molecule has 0 amide bonds. The molecule has 0 radical (unpaired) electrons. The predicted molar refractivity (Wildman–Crippen MR) is 128 cm³/mol. The van der Waals surface area contributed by atoms with E-state index < -0.39 is 92.0 Å². The fourth-order valence-corrected chi connectivity index (χ4v) is 3.95. The number of halogens is 8. The summed E-state index contributed by atoms with van der Waals surface area (Å²) in [6, 6.07) is 8.86. The Kier molecular flexibility index (Phi) is 7.87. The lowest BCUT2D eigenvalue weighted by molar-refractivity contribution is 0.102. The van der Waals surface area contributed by atoms with Crippen molar-refractivity contribution in [2.24, 2.45) is 0 Å². The Labute approximate surface area is 226 Å². The van der Waals surface area contributed by atoms with Crippen LogP contribution in [0.15, 0.2) is 48.5 Å². The number of hydrogen-bond acceptors (Lipinski definition) is 4. The molecule has 0 unspecified atom stereocenters. The fourth-order valence-electron chi connectivity index (χ4n) is 3.95. The Morgan fingerprint density at radius 3 is 1.20 bits per heavy atom. The maximum absolute atomic E-state index is 14.5. The van der Waals surface area contributed by atoms with E-state index in [2.05, 4.69) is 0 Å². The van der Waals surface area contributed by atoms with Crippen molar-refractivity contribution < 1.29 is 54.6 Å². The van der Waals surface area contributed by atoms with Crippen molar-refractivity contribution in [1.82, 2.24) is 0 Å². The lowest BCUT2D eigenvalue weighted by Gasteiger charge is -2.14. The minimum atomic E-state index is -2.14. The number of phenols is 1. The van der Waals surface area contributed by atoms with Crippen LogP contribution in [-0.4, -0.2) is 16.7 Å². The quantitative estimate of drug-likeness (QED) is 0.137. The van der Waals surface area contributed by atoms with Crippen LogP contribution in [0.5, 0.6) is 17.2 Å². The number of ether oxygens (including phenoxy) is 1. The molecule has 12 heteroatoms. The Morgan fingerprint density at radius 1 is 0.561 bits per heavy atom. The number of rotatable bonds is 7. The summed E-state index contributed by atoms with van der Waals surface area (Å²) in [4.78, 5) is 25.1. The minimum absolute atomic E-state index is 0.0372. The average Bonchev–Trinajstić information content (AvgIpc) is 2.94. The standard InChI is InChI=1S/C29H16F8O4/c1-11(2)16-19(30)21(32)17(22(33)20(16)31)27(38)12-3-7-14(8-4-12)41-15-9-5-13(6-10-15)28(39)18-23(34)25(36)29(40)26(37)24(18)35/h3-11,40H,1-2H3. The smallest absolute Gasteiger partial charge is 0.204 e. The molecule has 1 N–H and O–H groups in total. The molecule has 41 heavy (non-hydrogen) atoms. The average molecular weight is 580 g/mol. The van der Waals surface area contributed by atoms with Gasteiger partial charge in [-0.05, 0) is 54.4 Å². The van der Waals surface area contributed by atoms with Crippen molar-refractivity contribution in [2.75, 3.05) is 0 Å². The van der Waals surface area contributed by atoms with Gasteiger partial charge in [0.25, 0.3) is 0 Å². The largest absolute Gasteiger partial charge is 0.503 e. The van der Waals surface area contributed by atoms with Gasteiger partial charge in [0.1, 0.15) is 22.6 Å². The molecule has 0 aliphatic rings. The van der Waals surface area contributed by atoms with E-state index in [1.165, 1.54) is 26.0 Å². The van der Waals surface area contributed by atoms with Crippen molar-refractivity contribution in [3.8, 4) is 17.2 Å². The molecular formula is C29H16F8O4. The normalized spacial score (nSPS) is 11.2. The van der Waals surface area contributed by atoms with Crippen LogP contribution in [0, 0.1) is 46.5 Å². The van der Waals surface area contributed by atoms with Gasteiger partial charge in [-0.15, -0.1) is 0 Å². The summed E-state index contributed by atoms with van der Waals surface area (Å²) in [7, 11) is 0. The molecule has 0 aromatic heterocycles. The van der Waals surface area contributed by atoms with Crippen LogP contribution in [0.3, 0.4) is 0 Å². The molecule has 0 bridgehead atoms. The summed E-state index contributed by atoms with van der Waals surface area (Å²) in [6.45, 7) is 2.65. The highest BCUT2D eigenvalue weighted by Crippen LogP contribution is 2.33. The van der Waals surface area contributed by atoms with Crippen molar-refractivity contribution in [3.63, 3.8) is 0 Å². The highest BCUT2D eigenvalue weighted by molar-refractivity contribution is 6.10. The number of benzene rings is 4. The van der Waals surface area contributed by atoms with E-state index in [-0.39, 0.29) is 17.1 Å². The molecule has 0 fully saturated rings. The van der Waals surface area contributed by atoms with Gasteiger partial charge in [0.2, 0.25) is 11.6 Å². The van der Waals surface area contributed by atoms with Crippen LogP contribution < -0.4 is 4.74 Å². The number of ketones is 2. The lowest BCUT2D eigenvalue weighted by Crippen LogP contribution is -2.15. The minimum Gasteiger partial charge on any atom is -0.503 e. The summed E-state index contributed by atoms with van der Waals surface area (Å²) >= 11 is 0. The van der Waals surface area contributed by atoms with E-state index >= 15 is 0 Å². The second-order valence-electron chi connectivity index (χ2n) is 8.99. The number of carbonyl (C=O) groups is 2. The third kappa shape index (κ3) is 5.12. The first-order valence-electron chi connectivity index (χ1n) is 11.6. The van der Waals surface area contributed by atoms with Crippen molar-refractivity contribution in [1.29, 1.82) is 0 Å². The van der Waals surface area contributed by atoms with Crippen LogP contribution in [-0.2, 0) is 0 Å². The number of hydrogen-bond donors (Lipinski definition) is 1. The van der Waals surface area contributed by atoms with E-state index in [1.807, 2.05) is 0 Å². The Hall–Kier alpha value is -4.74. The monoisotopic (exact) mass is 580 g/mol. The van der Waals surface area contributed by atoms with E-state index in [0.29, 0.717) is 0 Å². The predicted octanol–water partition coefficient (Wildman–Crippen LogP) is 7.88. The van der Waals surface area contributed by atoms with Crippen molar-refractivity contribution in [2.45, 2.75) is 19.8 Å². The summed E-state index contributed by atoms with van der Waals surface area (Å²) < 4.78 is 119. The van der Waals surface area contributed by atoms with Gasteiger partial charge in [0.05, 0.1) is 0 Å². The fraction of sp³-hybridized carbons (Fsp3) is 0.103. The van der Waals surface area contributed by atoms with Gasteiger partial charge in [-0.1, -0.05) is 13.8 Å². The van der Waals surface area contributed by atoms with Gasteiger partial charge in [0, 0.05) is 16.7 Å². The highest BCUT2D eigenvalue weighted by atomic mass is 19.2. The third-order valence-corrected chi connectivity index (χ3v) is 6.04. The summed E-state index contributed by atoms with van der Waals surface area (Å²) in [5, 5.41) is 9.06. The van der Waals surface area contributed by atoms with Crippen molar-refractivity contribution in [3.05, 3.63) is 123 Å². The molecule has 4 aromatic rings. The summed E-state index contributed by atoms with van der Waals surface area (Å²) in [6.07, 6.45) is 0. The van der Waals surface area contributed by atoms with Gasteiger partial charge in [-0.2, -0.15) is 8.78 Å². The van der Waals surface area contributed by atoms with Crippen molar-refractivity contribution >= 4 is 11.6 Å². The second kappa shape index (κ2) is 11.0. The zero-order chi connectivity index (χ0) is 30.3. The molecule has 0 aliphatic heterocycles. The first kappa shape index (κ1) is 29.2. The number of phenolic OH excluding ortho intramolecular Hbond substituents is 1. The first-order valence-corrected chi connectivity index (χ1v) is 11.6. The van der Waals surface area contributed by atoms with Crippen LogP contribution in [0.4, 0.5) is 35.1 Å². The molecule has 0 atom stereocenters. The topological polar surface area (TPSA) is 63.6 Å². The van der Waals surface area contributed by atoms with E-state index in [0.717, 1.165) is 36.4 Å². The zero-order valence-corrected chi connectivity index (χ0v) is 20.9. The molecule has 4 rings (SSSR count). The lowest BCUT2D eigenvalue weighted by atomic mass is 9.95.